The van der Waals surface area contributed by atoms with Crippen LogP contribution in [-0.4, -0.2) is 33.2 Å². The summed E-state index contributed by atoms with van der Waals surface area (Å²) in [6.07, 6.45) is 0.796. The van der Waals surface area contributed by atoms with Crippen molar-refractivity contribution < 1.29 is 20.4 Å². The van der Waals surface area contributed by atoms with Crippen molar-refractivity contribution in [1.82, 2.24) is 10.6 Å². The second-order valence-electron chi connectivity index (χ2n) is 7.06. The average molecular weight is 358 g/mol. The number of fused-ring (bicyclic) bond motifs is 2. The molecule has 0 fully saturated rings. The molecule has 0 bridgehead atoms. The molecule has 6 N–H and O–H groups in total. The molecule has 2 heterocycles. The highest BCUT2D eigenvalue weighted by Gasteiger charge is 2.32. The standard InChI is InChI=1S/2C10H13NO2/c1-6-8-5-10(13)9(12)4-7(8)2-3-11-6;1-10(13)8-5-3-2-4-7(8)6-9(12)11-10/h4-6,11-13H,2-3H2,1H3;2-5,9,11-13H,6H2,1H3. The SMILES string of the molecule is CC1(O)NC(O)Cc2ccccc21.CC1NCCc2cc(O)c(O)cc21. The van der Waals surface area contributed by atoms with E-state index in [-0.39, 0.29) is 17.5 Å². The first-order chi connectivity index (χ1) is 12.3. The Morgan fingerprint density at radius 3 is 2.54 bits per heavy atom. The molecule has 0 aliphatic carbocycles. The van der Waals surface area contributed by atoms with Crippen LogP contribution in [0.2, 0.25) is 0 Å². The average Bonchev–Trinajstić information content (AvgIpc) is 2.57. The summed E-state index contributed by atoms with van der Waals surface area (Å²) in [7, 11) is 0. The second kappa shape index (κ2) is 7.25. The lowest BCUT2D eigenvalue weighted by atomic mass is 9.92. The smallest absolute Gasteiger partial charge is 0.157 e. The lowest BCUT2D eigenvalue weighted by molar-refractivity contribution is -0.0482. The minimum Gasteiger partial charge on any atom is -0.504 e. The van der Waals surface area contributed by atoms with E-state index in [0.29, 0.717) is 6.42 Å². The third-order valence-corrected chi connectivity index (χ3v) is 4.95. The van der Waals surface area contributed by atoms with Gasteiger partial charge in [-0.05, 0) is 55.6 Å². The van der Waals surface area contributed by atoms with Crippen molar-refractivity contribution in [3.63, 3.8) is 0 Å². The van der Waals surface area contributed by atoms with Crippen molar-refractivity contribution in [3.05, 3.63) is 58.7 Å². The first-order valence-electron chi connectivity index (χ1n) is 8.82. The Morgan fingerprint density at radius 2 is 1.77 bits per heavy atom. The summed E-state index contributed by atoms with van der Waals surface area (Å²) >= 11 is 0. The molecule has 2 aliphatic rings. The molecule has 3 atom stereocenters. The number of aromatic hydroxyl groups is 2. The molecular weight excluding hydrogens is 332 g/mol. The lowest BCUT2D eigenvalue weighted by Crippen LogP contribution is -2.50. The summed E-state index contributed by atoms with van der Waals surface area (Å²) in [5, 5.41) is 44.0. The number of aliphatic hydroxyl groups is 2. The summed E-state index contributed by atoms with van der Waals surface area (Å²) in [4.78, 5) is 0. The molecule has 26 heavy (non-hydrogen) atoms. The van der Waals surface area contributed by atoms with Gasteiger partial charge in [-0.15, -0.1) is 0 Å². The van der Waals surface area contributed by atoms with Crippen LogP contribution in [-0.2, 0) is 18.6 Å². The Bertz CT molecular complexity index is 791. The fourth-order valence-corrected chi connectivity index (χ4v) is 3.62. The Hall–Kier alpha value is -2.12. The predicted molar refractivity (Wildman–Crippen MR) is 98.8 cm³/mol. The second-order valence-corrected chi connectivity index (χ2v) is 7.06. The summed E-state index contributed by atoms with van der Waals surface area (Å²) in [6.45, 7) is 4.63. The maximum absolute atomic E-state index is 9.93. The van der Waals surface area contributed by atoms with E-state index >= 15 is 0 Å². The van der Waals surface area contributed by atoms with Crippen molar-refractivity contribution in [2.75, 3.05) is 6.54 Å². The van der Waals surface area contributed by atoms with Gasteiger partial charge in [0.15, 0.2) is 11.5 Å². The molecule has 3 unspecified atom stereocenters. The molecule has 6 nitrogen and oxygen atoms in total. The van der Waals surface area contributed by atoms with Crippen LogP contribution in [0.15, 0.2) is 36.4 Å². The summed E-state index contributed by atoms with van der Waals surface area (Å²) in [6, 6.07) is 11.1. The maximum atomic E-state index is 9.93. The van der Waals surface area contributed by atoms with Gasteiger partial charge in [0.25, 0.3) is 0 Å². The van der Waals surface area contributed by atoms with E-state index in [1.54, 1.807) is 19.1 Å². The molecule has 0 radical (unpaired) electrons. The number of rotatable bonds is 0. The number of phenolic OH excluding ortho intramolecular Hbond substituents is 2. The van der Waals surface area contributed by atoms with E-state index in [4.69, 9.17) is 0 Å². The zero-order chi connectivity index (χ0) is 18.9. The highest BCUT2D eigenvalue weighted by molar-refractivity contribution is 5.47. The number of nitrogens with one attached hydrogen (secondary N) is 2. The molecule has 2 aromatic rings. The van der Waals surface area contributed by atoms with E-state index in [9.17, 15) is 20.4 Å². The van der Waals surface area contributed by atoms with Gasteiger partial charge in [0.05, 0.1) is 0 Å². The molecule has 2 aliphatic heterocycles. The van der Waals surface area contributed by atoms with E-state index in [1.807, 2.05) is 24.3 Å². The molecule has 0 aromatic heterocycles. The van der Waals surface area contributed by atoms with Crippen molar-refractivity contribution in [2.45, 2.75) is 44.7 Å². The zero-order valence-electron chi connectivity index (χ0n) is 15.0. The molecule has 0 saturated heterocycles. The molecule has 4 rings (SSSR count). The van der Waals surface area contributed by atoms with Crippen molar-refractivity contribution in [3.8, 4) is 11.5 Å². The van der Waals surface area contributed by atoms with E-state index in [0.717, 1.165) is 35.2 Å². The molecule has 0 spiro atoms. The normalized spacial score (nSPS) is 26.9. The number of aliphatic hydroxyl groups excluding tert-OH is 1. The van der Waals surface area contributed by atoms with Gasteiger partial charge in [0.1, 0.15) is 12.0 Å². The minimum absolute atomic E-state index is 0.0205. The third-order valence-electron chi connectivity index (χ3n) is 4.95. The Labute approximate surface area is 153 Å². The highest BCUT2D eigenvalue weighted by atomic mass is 16.3. The predicted octanol–water partition coefficient (Wildman–Crippen LogP) is 1.62. The topological polar surface area (TPSA) is 105 Å². The van der Waals surface area contributed by atoms with Gasteiger partial charge in [0.2, 0.25) is 0 Å². The van der Waals surface area contributed by atoms with Crippen LogP contribution < -0.4 is 10.6 Å². The Kier molecular flexibility index (Phi) is 5.20. The minimum atomic E-state index is -1.12. The van der Waals surface area contributed by atoms with Crippen molar-refractivity contribution in [2.24, 2.45) is 0 Å². The highest BCUT2D eigenvalue weighted by Crippen LogP contribution is 2.33. The van der Waals surface area contributed by atoms with Crippen LogP contribution in [0.4, 0.5) is 0 Å². The van der Waals surface area contributed by atoms with Crippen molar-refractivity contribution >= 4 is 0 Å². The quantitative estimate of drug-likeness (QED) is 0.400. The van der Waals surface area contributed by atoms with Gasteiger partial charge in [-0.2, -0.15) is 0 Å². The largest absolute Gasteiger partial charge is 0.504 e. The van der Waals surface area contributed by atoms with Gasteiger partial charge >= 0.3 is 0 Å². The monoisotopic (exact) mass is 358 g/mol. The van der Waals surface area contributed by atoms with Crippen LogP contribution in [0.5, 0.6) is 11.5 Å². The van der Waals surface area contributed by atoms with Crippen LogP contribution in [0.3, 0.4) is 0 Å². The van der Waals surface area contributed by atoms with Crippen LogP contribution in [0.1, 0.15) is 42.1 Å². The number of benzene rings is 2. The van der Waals surface area contributed by atoms with E-state index < -0.39 is 12.0 Å². The van der Waals surface area contributed by atoms with E-state index in [2.05, 4.69) is 17.6 Å². The summed E-state index contributed by atoms with van der Waals surface area (Å²) < 4.78 is 0. The van der Waals surface area contributed by atoms with Gasteiger partial charge in [-0.3, -0.25) is 5.32 Å². The fourth-order valence-electron chi connectivity index (χ4n) is 3.62. The van der Waals surface area contributed by atoms with Gasteiger partial charge in [-0.1, -0.05) is 24.3 Å². The van der Waals surface area contributed by atoms with Crippen molar-refractivity contribution in [1.29, 1.82) is 0 Å². The first-order valence-corrected chi connectivity index (χ1v) is 8.82. The molecule has 2 aromatic carbocycles. The zero-order valence-corrected chi connectivity index (χ0v) is 15.0. The Morgan fingerprint density at radius 1 is 1.08 bits per heavy atom. The maximum Gasteiger partial charge on any atom is 0.157 e. The third kappa shape index (κ3) is 3.83. The van der Waals surface area contributed by atoms with Gasteiger partial charge in [0, 0.05) is 18.0 Å². The van der Waals surface area contributed by atoms with Gasteiger partial charge < -0.3 is 25.7 Å². The van der Waals surface area contributed by atoms with Crippen LogP contribution in [0.25, 0.3) is 0 Å². The van der Waals surface area contributed by atoms with Crippen LogP contribution in [0, 0.1) is 0 Å². The first kappa shape index (κ1) is 18.7. The summed E-state index contributed by atoms with van der Waals surface area (Å²) in [5.41, 5.74) is 2.94. The molecule has 0 amide bonds. The molecule has 140 valence electrons. The number of phenols is 2. The number of hydrogen-bond acceptors (Lipinski definition) is 6. The fraction of sp³-hybridized carbons (Fsp3) is 0.400. The van der Waals surface area contributed by atoms with Crippen LogP contribution >= 0.6 is 0 Å². The van der Waals surface area contributed by atoms with Gasteiger partial charge in [-0.25, -0.2) is 0 Å². The number of hydrogen-bond donors (Lipinski definition) is 6. The molecular formula is C20H26N2O4. The molecule has 6 heteroatoms. The lowest BCUT2D eigenvalue weighted by Gasteiger charge is -2.35. The molecule has 0 saturated carbocycles. The summed E-state index contributed by atoms with van der Waals surface area (Å²) in [5.74, 6) is -0.0536. The van der Waals surface area contributed by atoms with E-state index in [1.165, 1.54) is 0 Å². The Balaban J connectivity index is 0.000000151.